The lowest BCUT2D eigenvalue weighted by Crippen LogP contribution is -2.14. The van der Waals surface area contributed by atoms with E-state index >= 15 is 0 Å². The molecule has 0 spiro atoms. The van der Waals surface area contributed by atoms with Crippen molar-refractivity contribution in [3.05, 3.63) is 60.7 Å². The SMILES string of the molecule is NC(=S)c1ccc(F)cc1COc1c(Br)cc(Br)cc1Br. The summed E-state index contributed by atoms with van der Waals surface area (Å²) in [5.74, 6) is 0.263. The molecular weight excluding hydrogens is 489 g/mol. The summed E-state index contributed by atoms with van der Waals surface area (Å²) in [7, 11) is 0. The monoisotopic (exact) mass is 495 g/mol. The van der Waals surface area contributed by atoms with Gasteiger partial charge in [-0.3, -0.25) is 0 Å². The highest BCUT2D eigenvalue weighted by atomic mass is 79.9. The van der Waals surface area contributed by atoms with Crippen molar-refractivity contribution in [1.82, 2.24) is 0 Å². The van der Waals surface area contributed by atoms with E-state index in [9.17, 15) is 4.39 Å². The molecule has 2 N–H and O–H groups in total. The standard InChI is InChI=1S/C14H9Br3FNOS/c15-8-4-11(16)13(12(17)5-8)20-6-7-3-9(18)1-2-10(7)14(19)21/h1-5H,6H2,(H2,19,21). The molecule has 0 radical (unpaired) electrons. The van der Waals surface area contributed by atoms with Gasteiger partial charge in [-0.25, -0.2) is 4.39 Å². The molecule has 2 nitrogen and oxygen atoms in total. The Labute approximate surface area is 152 Å². The molecule has 2 rings (SSSR count). The number of benzene rings is 2. The summed E-state index contributed by atoms with van der Waals surface area (Å²) < 4.78 is 21.6. The van der Waals surface area contributed by atoms with Gasteiger partial charge in [0, 0.05) is 15.6 Å². The second kappa shape index (κ2) is 7.17. The lowest BCUT2D eigenvalue weighted by molar-refractivity contribution is 0.301. The molecule has 0 bridgehead atoms. The third-order valence-electron chi connectivity index (χ3n) is 2.67. The summed E-state index contributed by atoms with van der Waals surface area (Å²) in [6.45, 7) is 0.156. The highest BCUT2D eigenvalue weighted by Gasteiger charge is 2.12. The first-order chi connectivity index (χ1) is 9.88. The topological polar surface area (TPSA) is 35.2 Å². The highest BCUT2D eigenvalue weighted by molar-refractivity contribution is 9.11. The molecule has 7 heteroatoms. The van der Waals surface area contributed by atoms with Crippen LogP contribution in [0.2, 0.25) is 0 Å². The van der Waals surface area contributed by atoms with Gasteiger partial charge in [0.05, 0.1) is 8.95 Å². The van der Waals surface area contributed by atoms with Crippen LogP contribution in [0.3, 0.4) is 0 Å². The number of hydrogen-bond donors (Lipinski definition) is 1. The van der Waals surface area contributed by atoms with E-state index < -0.39 is 0 Å². The molecule has 0 aromatic heterocycles. The van der Waals surface area contributed by atoms with Crippen molar-refractivity contribution in [2.45, 2.75) is 6.61 Å². The maximum atomic E-state index is 13.4. The van der Waals surface area contributed by atoms with Crippen molar-refractivity contribution in [3.63, 3.8) is 0 Å². The molecule has 0 atom stereocenters. The molecule has 0 unspecified atom stereocenters. The molecule has 0 aliphatic carbocycles. The Kier molecular flexibility index (Phi) is 5.76. The number of ether oxygens (including phenoxy) is 1. The molecule has 21 heavy (non-hydrogen) atoms. The Morgan fingerprint density at radius 1 is 1.14 bits per heavy atom. The molecule has 0 aliphatic rings. The average molecular weight is 498 g/mol. The maximum Gasteiger partial charge on any atom is 0.148 e. The van der Waals surface area contributed by atoms with Crippen LogP contribution < -0.4 is 10.5 Å². The molecule has 0 heterocycles. The predicted octanol–water partition coefficient (Wildman–Crippen LogP) is 5.33. The van der Waals surface area contributed by atoms with E-state index in [2.05, 4.69) is 47.8 Å². The van der Waals surface area contributed by atoms with Crippen LogP contribution in [0.15, 0.2) is 43.7 Å². The third-order valence-corrected chi connectivity index (χ3v) is 4.52. The van der Waals surface area contributed by atoms with Crippen molar-refractivity contribution in [2.24, 2.45) is 5.73 Å². The Morgan fingerprint density at radius 2 is 1.76 bits per heavy atom. The van der Waals surface area contributed by atoms with Crippen LogP contribution >= 0.6 is 60.0 Å². The van der Waals surface area contributed by atoms with E-state index in [1.807, 2.05) is 12.1 Å². The van der Waals surface area contributed by atoms with Crippen LogP contribution in [0.25, 0.3) is 0 Å². The fourth-order valence-electron chi connectivity index (χ4n) is 1.74. The fraction of sp³-hybridized carbons (Fsp3) is 0.0714. The summed E-state index contributed by atoms with van der Waals surface area (Å²) in [4.78, 5) is 0.211. The van der Waals surface area contributed by atoms with Crippen LogP contribution in [-0.4, -0.2) is 4.99 Å². The normalized spacial score (nSPS) is 10.5. The predicted molar refractivity (Wildman–Crippen MR) is 96.2 cm³/mol. The van der Waals surface area contributed by atoms with E-state index in [1.54, 1.807) is 6.07 Å². The molecule has 0 fully saturated rings. The van der Waals surface area contributed by atoms with Crippen LogP contribution in [0.5, 0.6) is 5.75 Å². The molecule has 2 aromatic carbocycles. The van der Waals surface area contributed by atoms with Gasteiger partial charge in [0.15, 0.2) is 0 Å². The smallest absolute Gasteiger partial charge is 0.148 e. The molecule has 0 aliphatic heterocycles. The van der Waals surface area contributed by atoms with Gasteiger partial charge in [-0.2, -0.15) is 0 Å². The number of halogens is 4. The first-order valence-electron chi connectivity index (χ1n) is 5.74. The Balaban J connectivity index is 2.28. The van der Waals surface area contributed by atoms with Gasteiger partial charge in [-0.1, -0.05) is 28.1 Å². The minimum atomic E-state index is -0.359. The Morgan fingerprint density at radius 3 is 2.33 bits per heavy atom. The van der Waals surface area contributed by atoms with E-state index in [4.69, 9.17) is 22.7 Å². The summed E-state index contributed by atoms with van der Waals surface area (Å²) in [5.41, 5.74) is 6.85. The quantitative estimate of drug-likeness (QED) is 0.580. The zero-order valence-electron chi connectivity index (χ0n) is 10.5. The van der Waals surface area contributed by atoms with E-state index in [-0.39, 0.29) is 17.4 Å². The van der Waals surface area contributed by atoms with E-state index in [0.717, 1.165) is 13.4 Å². The molecule has 0 saturated heterocycles. The van der Waals surface area contributed by atoms with Crippen molar-refractivity contribution in [2.75, 3.05) is 0 Å². The van der Waals surface area contributed by atoms with Crippen LogP contribution in [0.1, 0.15) is 11.1 Å². The molecular formula is C14H9Br3FNOS. The minimum absolute atomic E-state index is 0.156. The Hall–Kier alpha value is -0.500. The number of nitrogens with two attached hydrogens (primary N) is 1. The van der Waals surface area contributed by atoms with Crippen molar-refractivity contribution >= 4 is 65.0 Å². The van der Waals surface area contributed by atoms with Crippen LogP contribution in [-0.2, 0) is 6.61 Å². The van der Waals surface area contributed by atoms with Gasteiger partial charge >= 0.3 is 0 Å². The number of hydrogen-bond acceptors (Lipinski definition) is 2. The molecule has 2 aromatic rings. The second-order valence-corrected chi connectivity index (χ2v) is 7.22. The van der Waals surface area contributed by atoms with Crippen LogP contribution in [0.4, 0.5) is 4.39 Å². The highest BCUT2D eigenvalue weighted by Crippen LogP contribution is 2.37. The second-order valence-electron chi connectivity index (χ2n) is 4.15. The van der Waals surface area contributed by atoms with Gasteiger partial charge < -0.3 is 10.5 Å². The van der Waals surface area contributed by atoms with Gasteiger partial charge in [-0.05, 0) is 62.2 Å². The molecule has 110 valence electrons. The zero-order valence-corrected chi connectivity index (χ0v) is 16.1. The maximum absolute atomic E-state index is 13.4. The average Bonchev–Trinajstić information content (AvgIpc) is 2.37. The van der Waals surface area contributed by atoms with Crippen molar-refractivity contribution in [1.29, 1.82) is 0 Å². The van der Waals surface area contributed by atoms with Crippen LogP contribution in [0, 0.1) is 5.82 Å². The van der Waals surface area contributed by atoms with E-state index in [1.165, 1.54) is 12.1 Å². The zero-order chi connectivity index (χ0) is 15.6. The summed E-state index contributed by atoms with van der Waals surface area (Å²) in [6.07, 6.45) is 0. The first kappa shape index (κ1) is 16.9. The summed E-state index contributed by atoms with van der Waals surface area (Å²) in [5, 5.41) is 0. The fourth-order valence-corrected chi connectivity index (χ4v) is 4.43. The summed E-state index contributed by atoms with van der Waals surface area (Å²) in [6, 6.07) is 7.97. The first-order valence-corrected chi connectivity index (χ1v) is 8.53. The number of rotatable bonds is 4. The Bertz CT molecular complexity index is 686. The summed E-state index contributed by atoms with van der Waals surface area (Å²) >= 11 is 15.2. The van der Waals surface area contributed by atoms with Gasteiger partial charge in [0.1, 0.15) is 23.2 Å². The third kappa shape index (κ3) is 4.25. The van der Waals surface area contributed by atoms with E-state index in [0.29, 0.717) is 16.9 Å². The van der Waals surface area contributed by atoms with Crippen molar-refractivity contribution < 1.29 is 9.13 Å². The van der Waals surface area contributed by atoms with Gasteiger partial charge in [-0.15, -0.1) is 0 Å². The minimum Gasteiger partial charge on any atom is -0.487 e. The lowest BCUT2D eigenvalue weighted by atomic mass is 10.1. The lowest BCUT2D eigenvalue weighted by Gasteiger charge is -2.13. The van der Waals surface area contributed by atoms with Crippen molar-refractivity contribution in [3.8, 4) is 5.75 Å². The molecule has 0 amide bonds. The van der Waals surface area contributed by atoms with Gasteiger partial charge in [0.25, 0.3) is 0 Å². The number of thiocarbonyl (C=S) groups is 1. The largest absolute Gasteiger partial charge is 0.487 e. The van der Waals surface area contributed by atoms with Gasteiger partial charge in [0.2, 0.25) is 0 Å². The molecule has 0 saturated carbocycles.